The first-order valence-electron chi connectivity index (χ1n) is 9.33. The van der Waals surface area contributed by atoms with Gasteiger partial charge in [-0.3, -0.25) is 0 Å². The summed E-state index contributed by atoms with van der Waals surface area (Å²) in [5.74, 6) is 1.06. The van der Waals surface area contributed by atoms with Crippen LogP contribution >= 0.6 is 0 Å². The maximum atomic E-state index is 10.3. The summed E-state index contributed by atoms with van der Waals surface area (Å²) in [7, 11) is 0. The van der Waals surface area contributed by atoms with Crippen molar-refractivity contribution in [2.45, 2.75) is 11.3 Å². The molecule has 0 bridgehead atoms. The predicted octanol–water partition coefficient (Wildman–Crippen LogP) is 5.25. The molecule has 1 spiro atoms. The highest BCUT2D eigenvalue weighted by Gasteiger charge is 2.57. The molecule has 2 unspecified atom stereocenters. The molecule has 0 aliphatic heterocycles. The van der Waals surface area contributed by atoms with E-state index in [0.717, 1.165) is 22.3 Å². The van der Waals surface area contributed by atoms with Crippen molar-refractivity contribution in [1.82, 2.24) is 0 Å². The topological polar surface area (TPSA) is 40.5 Å². The predicted molar refractivity (Wildman–Crippen MR) is 106 cm³/mol. The van der Waals surface area contributed by atoms with Crippen molar-refractivity contribution in [1.29, 1.82) is 0 Å². The third-order valence-corrected chi connectivity index (χ3v) is 6.53. The van der Waals surface area contributed by atoms with E-state index in [-0.39, 0.29) is 23.3 Å². The molecule has 0 heterocycles. The van der Waals surface area contributed by atoms with Crippen molar-refractivity contribution in [2.24, 2.45) is 5.92 Å². The van der Waals surface area contributed by atoms with E-state index in [2.05, 4.69) is 48.6 Å². The lowest BCUT2D eigenvalue weighted by Crippen LogP contribution is -2.32. The van der Waals surface area contributed by atoms with E-state index in [1.54, 1.807) is 12.1 Å². The average molecular weight is 350 g/mol. The van der Waals surface area contributed by atoms with Crippen LogP contribution in [-0.2, 0) is 5.41 Å². The molecule has 6 rings (SSSR count). The highest BCUT2D eigenvalue weighted by molar-refractivity contribution is 5.86. The number of fused-ring (bicyclic) bond motifs is 10. The molecule has 0 fully saturated rings. The minimum Gasteiger partial charge on any atom is -0.508 e. The maximum Gasteiger partial charge on any atom is 0.115 e. The fourth-order valence-electron chi connectivity index (χ4n) is 5.63. The van der Waals surface area contributed by atoms with Crippen molar-refractivity contribution in [2.75, 3.05) is 0 Å². The number of allylic oxidation sites excluding steroid dienone is 4. The van der Waals surface area contributed by atoms with Gasteiger partial charge in [0, 0.05) is 11.8 Å². The SMILES string of the molecule is Oc1ccc2c(c1)C1(c3cc(O)ccc3-2)c2ccccc2C2C=CC=CC21. The lowest BCUT2D eigenvalue weighted by Gasteiger charge is -2.36. The molecular weight excluding hydrogens is 332 g/mol. The van der Waals surface area contributed by atoms with Gasteiger partial charge in [0.1, 0.15) is 11.5 Å². The van der Waals surface area contributed by atoms with Crippen LogP contribution in [0.1, 0.15) is 28.2 Å². The van der Waals surface area contributed by atoms with Crippen LogP contribution in [-0.4, -0.2) is 10.2 Å². The molecule has 0 saturated heterocycles. The van der Waals surface area contributed by atoms with Crippen LogP contribution in [0.15, 0.2) is 85.0 Å². The van der Waals surface area contributed by atoms with Crippen LogP contribution in [0.3, 0.4) is 0 Å². The van der Waals surface area contributed by atoms with Crippen molar-refractivity contribution >= 4 is 0 Å². The van der Waals surface area contributed by atoms with Crippen LogP contribution in [0, 0.1) is 5.92 Å². The molecule has 3 aromatic carbocycles. The van der Waals surface area contributed by atoms with Crippen molar-refractivity contribution < 1.29 is 10.2 Å². The summed E-state index contributed by atoms with van der Waals surface area (Å²) in [4.78, 5) is 0. The molecule has 2 atom stereocenters. The summed E-state index contributed by atoms with van der Waals surface area (Å²) in [6.45, 7) is 0. The Kier molecular flexibility index (Phi) is 2.71. The average Bonchev–Trinajstić information content (AvgIpc) is 3.14. The highest BCUT2D eigenvalue weighted by Crippen LogP contribution is 2.65. The van der Waals surface area contributed by atoms with Crippen LogP contribution in [0.2, 0.25) is 0 Å². The van der Waals surface area contributed by atoms with Gasteiger partial charge in [-0.1, -0.05) is 60.7 Å². The Labute approximate surface area is 157 Å². The van der Waals surface area contributed by atoms with E-state index in [1.165, 1.54) is 11.1 Å². The summed E-state index contributed by atoms with van der Waals surface area (Å²) < 4.78 is 0. The first-order chi connectivity index (χ1) is 13.2. The van der Waals surface area contributed by atoms with E-state index in [9.17, 15) is 10.2 Å². The summed E-state index contributed by atoms with van der Waals surface area (Å²) in [5.41, 5.74) is 6.74. The fourth-order valence-corrected chi connectivity index (χ4v) is 5.63. The quantitative estimate of drug-likeness (QED) is 0.581. The molecule has 2 heteroatoms. The van der Waals surface area contributed by atoms with Crippen LogP contribution in [0.25, 0.3) is 11.1 Å². The van der Waals surface area contributed by atoms with Crippen LogP contribution in [0.5, 0.6) is 11.5 Å². The minimum absolute atomic E-state index is 0.212. The summed E-state index contributed by atoms with van der Waals surface area (Å²) in [5, 5.41) is 20.7. The second kappa shape index (κ2) is 4.92. The molecule has 0 radical (unpaired) electrons. The van der Waals surface area contributed by atoms with Gasteiger partial charge in [-0.05, 0) is 57.6 Å². The largest absolute Gasteiger partial charge is 0.508 e. The molecule has 0 aromatic heterocycles. The van der Waals surface area contributed by atoms with Crippen molar-refractivity contribution in [3.8, 4) is 22.6 Å². The molecule has 3 aliphatic carbocycles. The lowest BCUT2D eigenvalue weighted by atomic mass is 9.65. The third kappa shape index (κ3) is 1.66. The Bertz CT molecular complexity index is 1120. The molecule has 2 nitrogen and oxygen atoms in total. The second-order valence-corrected chi connectivity index (χ2v) is 7.68. The zero-order valence-corrected chi connectivity index (χ0v) is 14.6. The Balaban J connectivity index is 1.81. The zero-order chi connectivity index (χ0) is 18.2. The number of hydrogen-bond acceptors (Lipinski definition) is 2. The van der Waals surface area contributed by atoms with E-state index in [1.807, 2.05) is 24.3 Å². The monoisotopic (exact) mass is 350 g/mol. The van der Waals surface area contributed by atoms with Gasteiger partial charge in [0.05, 0.1) is 5.41 Å². The van der Waals surface area contributed by atoms with Crippen molar-refractivity contribution in [3.05, 3.63) is 107 Å². The summed E-state index contributed by atoms with van der Waals surface area (Å²) in [6, 6.07) is 20.0. The molecule has 27 heavy (non-hydrogen) atoms. The molecule has 3 aliphatic rings. The summed E-state index contributed by atoms with van der Waals surface area (Å²) >= 11 is 0. The Hall–Kier alpha value is -3.26. The highest BCUT2D eigenvalue weighted by atomic mass is 16.3. The Morgan fingerprint density at radius 3 is 2.00 bits per heavy atom. The van der Waals surface area contributed by atoms with E-state index < -0.39 is 5.41 Å². The molecule has 2 N–H and O–H groups in total. The number of hydrogen-bond donors (Lipinski definition) is 2. The van der Waals surface area contributed by atoms with Gasteiger partial charge in [0.2, 0.25) is 0 Å². The Morgan fingerprint density at radius 2 is 1.30 bits per heavy atom. The van der Waals surface area contributed by atoms with Gasteiger partial charge in [0.25, 0.3) is 0 Å². The number of benzene rings is 3. The van der Waals surface area contributed by atoms with Crippen molar-refractivity contribution in [3.63, 3.8) is 0 Å². The smallest absolute Gasteiger partial charge is 0.115 e. The third-order valence-electron chi connectivity index (χ3n) is 6.53. The number of phenolic OH excluding ortho intramolecular Hbond substituents is 2. The maximum absolute atomic E-state index is 10.3. The molecular formula is C25H18O2. The van der Waals surface area contributed by atoms with Gasteiger partial charge in [0.15, 0.2) is 0 Å². The zero-order valence-electron chi connectivity index (χ0n) is 14.6. The van der Waals surface area contributed by atoms with E-state index in [4.69, 9.17) is 0 Å². The van der Waals surface area contributed by atoms with Gasteiger partial charge < -0.3 is 10.2 Å². The number of rotatable bonds is 0. The molecule has 130 valence electrons. The standard InChI is InChI=1S/C25H18O2/c26-15-9-11-19-20-12-10-16(27)14-24(20)25(23(19)13-15)21-7-3-1-5-17(21)18-6-2-4-8-22(18)25/h1-14,17,21,26-27H. The fraction of sp³-hybridized carbons (Fsp3) is 0.120. The van der Waals surface area contributed by atoms with Crippen LogP contribution in [0.4, 0.5) is 0 Å². The lowest BCUT2D eigenvalue weighted by molar-refractivity contribution is 0.447. The Morgan fingerprint density at radius 1 is 0.667 bits per heavy atom. The van der Waals surface area contributed by atoms with Gasteiger partial charge in [-0.2, -0.15) is 0 Å². The molecule has 3 aromatic rings. The molecule has 0 amide bonds. The minimum atomic E-state index is -0.398. The van der Waals surface area contributed by atoms with E-state index in [0.29, 0.717) is 0 Å². The number of phenols is 2. The normalized spacial score (nSPS) is 22.4. The first-order valence-corrected chi connectivity index (χ1v) is 9.33. The molecule has 0 saturated carbocycles. The first kappa shape index (κ1) is 14.9. The number of aromatic hydroxyl groups is 2. The second-order valence-electron chi connectivity index (χ2n) is 7.68. The van der Waals surface area contributed by atoms with Gasteiger partial charge in [-0.15, -0.1) is 0 Å². The summed E-state index contributed by atoms with van der Waals surface area (Å²) in [6.07, 6.45) is 8.82. The van der Waals surface area contributed by atoms with Gasteiger partial charge in [-0.25, -0.2) is 0 Å². The van der Waals surface area contributed by atoms with Crippen LogP contribution < -0.4 is 0 Å². The van der Waals surface area contributed by atoms with E-state index >= 15 is 0 Å². The van der Waals surface area contributed by atoms with Gasteiger partial charge >= 0.3 is 0 Å².